The zero-order valence-electron chi connectivity index (χ0n) is 8.62. The van der Waals surface area contributed by atoms with Crippen molar-refractivity contribution in [3.8, 4) is 11.3 Å². The molecule has 0 spiro atoms. The van der Waals surface area contributed by atoms with Crippen molar-refractivity contribution in [1.29, 1.82) is 0 Å². The molecule has 2 rings (SSSR count). The molecular formula is C10H10N4O2. The Morgan fingerprint density at radius 2 is 2.38 bits per heavy atom. The number of nitrogens with two attached hydrogens (primary N) is 1. The van der Waals surface area contributed by atoms with Crippen LogP contribution < -0.4 is 10.6 Å². The fourth-order valence-corrected chi connectivity index (χ4v) is 1.30. The fraction of sp³-hybridized carbons (Fsp3) is 0.100. The second kappa shape index (κ2) is 4.01. The molecule has 0 aromatic carbocycles. The molecule has 2 aromatic rings. The van der Waals surface area contributed by atoms with Gasteiger partial charge in [-0.05, 0) is 19.1 Å². The maximum Gasteiger partial charge on any atom is 0.429 e. The first kappa shape index (κ1) is 10.2. The Morgan fingerprint density at radius 1 is 1.56 bits per heavy atom. The third-order valence-electron chi connectivity index (χ3n) is 1.99. The molecular weight excluding hydrogens is 208 g/mol. The lowest BCUT2D eigenvalue weighted by molar-refractivity contribution is 0.140. The minimum Gasteiger partial charge on any atom is -0.333 e. The molecule has 0 saturated carbocycles. The highest BCUT2D eigenvalue weighted by molar-refractivity contribution is 5.65. The molecule has 1 amide bonds. The highest BCUT2D eigenvalue weighted by Gasteiger charge is 2.08. The van der Waals surface area contributed by atoms with Crippen LogP contribution in [0.15, 0.2) is 30.7 Å². The van der Waals surface area contributed by atoms with Crippen molar-refractivity contribution < 1.29 is 9.63 Å². The van der Waals surface area contributed by atoms with Gasteiger partial charge in [0.05, 0.1) is 11.9 Å². The third kappa shape index (κ3) is 2.00. The Hall–Kier alpha value is -2.37. The van der Waals surface area contributed by atoms with Gasteiger partial charge in [-0.1, -0.05) is 0 Å². The van der Waals surface area contributed by atoms with Crippen molar-refractivity contribution in [3.63, 3.8) is 0 Å². The zero-order valence-corrected chi connectivity index (χ0v) is 8.62. The van der Waals surface area contributed by atoms with Crippen LogP contribution >= 0.6 is 0 Å². The first-order valence-electron chi connectivity index (χ1n) is 4.61. The number of rotatable bonds is 2. The molecule has 2 aromatic heterocycles. The summed E-state index contributed by atoms with van der Waals surface area (Å²) in [6, 6.07) is 3.67. The minimum atomic E-state index is -0.877. The van der Waals surface area contributed by atoms with Crippen LogP contribution in [-0.4, -0.2) is 20.8 Å². The van der Waals surface area contributed by atoms with Crippen molar-refractivity contribution in [1.82, 2.24) is 14.7 Å². The summed E-state index contributed by atoms with van der Waals surface area (Å²) in [5, 5.41) is 0. The van der Waals surface area contributed by atoms with E-state index in [4.69, 9.17) is 10.6 Å². The number of primary amides is 1. The van der Waals surface area contributed by atoms with Gasteiger partial charge >= 0.3 is 6.09 Å². The fourth-order valence-electron chi connectivity index (χ4n) is 1.30. The predicted octanol–water partition coefficient (Wildman–Crippen LogP) is 0.761. The minimum absolute atomic E-state index is 0.539. The third-order valence-corrected chi connectivity index (χ3v) is 1.99. The summed E-state index contributed by atoms with van der Waals surface area (Å²) in [5.41, 5.74) is 6.44. The summed E-state index contributed by atoms with van der Waals surface area (Å²) < 4.78 is 1.23. The number of nitrogens with zero attached hydrogens (tertiary/aromatic N) is 3. The molecule has 0 aliphatic carbocycles. The van der Waals surface area contributed by atoms with Gasteiger partial charge in [-0.25, -0.2) is 9.78 Å². The van der Waals surface area contributed by atoms with E-state index >= 15 is 0 Å². The number of carbonyl (C=O) groups is 1. The molecule has 0 unspecified atom stereocenters. The molecule has 0 aliphatic rings. The van der Waals surface area contributed by atoms with Gasteiger partial charge in [-0.3, -0.25) is 4.98 Å². The zero-order chi connectivity index (χ0) is 11.5. The number of hydrogen-bond acceptors (Lipinski definition) is 4. The normalized spacial score (nSPS) is 10.1. The highest BCUT2D eigenvalue weighted by atomic mass is 16.7. The molecule has 0 saturated heterocycles. The lowest BCUT2D eigenvalue weighted by Gasteiger charge is -2.00. The average molecular weight is 218 g/mol. The van der Waals surface area contributed by atoms with Crippen LogP contribution in [0.3, 0.4) is 0 Å². The van der Waals surface area contributed by atoms with Crippen LogP contribution in [0.25, 0.3) is 11.3 Å². The van der Waals surface area contributed by atoms with E-state index in [0.717, 1.165) is 5.56 Å². The van der Waals surface area contributed by atoms with Crippen LogP contribution in [-0.2, 0) is 0 Å². The van der Waals surface area contributed by atoms with E-state index < -0.39 is 6.09 Å². The van der Waals surface area contributed by atoms with Gasteiger partial charge in [0.15, 0.2) is 0 Å². The second-order valence-corrected chi connectivity index (χ2v) is 3.15. The Balaban J connectivity index is 2.34. The number of hydrogen-bond donors (Lipinski definition) is 1. The monoisotopic (exact) mass is 218 g/mol. The number of aryl methyl sites for hydroxylation is 1. The molecule has 0 radical (unpaired) electrons. The SMILES string of the molecule is Cc1nc(-c2cccnc2)cn1OC(N)=O. The maximum atomic E-state index is 10.6. The van der Waals surface area contributed by atoms with Crippen molar-refractivity contribution in [3.05, 3.63) is 36.5 Å². The topological polar surface area (TPSA) is 83.0 Å². The van der Waals surface area contributed by atoms with Crippen LogP contribution in [0.5, 0.6) is 0 Å². The van der Waals surface area contributed by atoms with Gasteiger partial charge in [0.25, 0.3) is 0 Å². The Kier molecular flexibility index (Phi) is 2.55. The Morgan fingerprint density at radius 3 is 3.00 bits per heavy atom. The van der Waals surface area contributed by atoms with Gasteiger partial charge in [0.2, 0.25) is 0 Å². The summed E-state index contributed by atoms with van der Waals surface area (Å²) in [6.07, 6.45) is 4.05. The Labute approximate surface area is 91.6 Å². The summed E-state index contributed by atoms with van der Waals surface area (Å²) in [4.78, 5) is 23.5. The standard InChI is InChI=1S/C10H10N4O2/c1-7-13-9(6-14(7)16-10(11)15)8-3-2-4-12-5-8/h2-6H,1H3,(H2,11,15). The van der Waals surface area contributed by atoms with Crippen LogP contribution in [0.2, 0.25) is 0 Å². The van der Waals surface area contributed by atoms with E-state index in [1.165, 1.54) is 4.73 Å². The van der Waals surface area contributed by atoms with E-state index in [2.05, 4.69) is 9.97 Å². The number of carbonyl (C=O) groups excluding carboxylic acids is 1. The van der Waals surface area contributed by atoms with E-state index in [0.29, 0.717) is 11.5 Å². The first-order chi connectivity index (χ1) is 7.66. The number of aromatic nitrogens is 3. The number of imidazole rings is 1. The van der Waals surface area contributed by atoms with Crippen LogP contribution in [0.4, 0.5) is 4.79 Å². The molecule has 0 bridgehead atoms. The lowest BCUT2D eigenvalue weighted by atomic mass is 10.2. The van der Waals surface area contributed by atoms with Gasteiger partial charge in [0.1, 0.15) is 5.82 Å². The van der Waals surface area contributed by atoms with E-state index in [-0.39, 0.29) is 0 Å². The molecule has 0 atom stereocenters. The van der Waals surface area contributed by atoms with Gasteiger partial charge in [-0.15, -0.1) is 0 Å². The summed E-state index contributed by atoms with van der Waals surface area (Å²) in [6.45, 7) is 1.71. The van der Waals surface area contributed by atoms with E-state index in [1.807, 2.05) is 6.07 Å². The molecule has 2 heterocycles. The predicted molar refractivity (Wildman–Crippen MR) is 56.4 cm³/mol. The molecule has 82 valence electrons. The summed E-state index contributed by atoms with van der Waals surface area (Å²) >= 11 is 0. The molecule has 2 N–H and O–H groups in total. The van der Waals surface area contributed by atoms with Crippen molar-refractivity contribution in [2.75, 3.05) is 0 Å². The van der Waals surface area contributed by atoms with Gasteiger partial charge < -0.3 is 10.6 Å². The molecule has 6 nitrogen and oxygen atoms in total. The van der Waals surface area contributed by atoms with E-state index in [9.17, 15) is 4.79 Å². The molecule has 16 heavy (non-hydrogen) atoms. The smallest absolute Gasteiger partial charge is 0.333 e. The lowest BCUT2D eigenvalue weighted by Crippen LogP contribution is -2.25. The quantitative estimate of drug-likeness (QED) is 0.806. The molecule has 0 aliphatic heterocycles. The van der Waals surface area contributed by atoms with Gasteiger partial charge in [0, 0.05) is 18.0 Å². The average Bonchev–Trinajstić information content (AvgIpc) is 2.61. The Bertz CT molecular complexity index is 507. The number of amides is 1. The van der Waals surface area contributed by atoms with E-state index in [1.54, 1.807) is 31.6 Å². The highest BCUT2D eigenvalue weighted by Crippen LogP contribution is 2.16. The number of pyridine rings is 1. The molecule has 6 heteroatoms. The summed E-state index contributed by atoms with van der Waals surface area (Å²) in [5.74, 6) is 0.539. The second-order valence-electron chi connectivity index (χ2n) is 3.15. The largest absolute Gasteiger partial charge is 0.429 e. The van der Waals surface area contributed by atoms with Crippen molar-refractivity contribution in [2.45, 2.75) is 6.92 Å². The maximum absolute atomic E-state index is 10.6. The van der Waals surface area contributed by atoms with Gasteiger partial charge in [-0.2, -0.15) is 4.73 Å². The van der Waals surface area contributed by atoms with Crippen molar-refractivity contribution >= 4 is 6.09 Å². The van der Waals surface area contributed by atoms with Crippen LogP contribution in [0.1, 0.15) is 5.82 Å². The van der Waals surface area contributed by atoms with Crippen molar-refractivity contribution in [2.24, 2.45) is 5.73 Å². The summed E-state index contributed by atoms with van der Waals surface area (Å²) in [7, 11) is 0. The molecule has 0 fully saturated rings. The first-order valence-corrected chi connectivity index (χ1v) is 4.61. The van der Waals surface area contributed by atoms with Crippen LogP contribution in [0, 0.1) is 6.92 Å².